The summed E-state index contributed by atoms with van der Waals surface area (Å²) >= 11 is 0. The van der Waals surface area contributed by atoms with E-state index in [2.05, 4.69) is 29.9 Å². The van der Waals surface area contributed by atoms with Gasteiger partial charge in [0.05, 0.1) is 6.61 Å². The molecule has 7 heteroatoms. The van der Waals surface area contributed by atoms with Gasteiger partial charge in [0.15, 0.2) is 0 Å². The maximum atomic E-state index is 10.2. The van der Waals surface area contributed by atoms with Gasteiger partial charge in [-0.05, 0) is 32.0 Å². The van der Waals surface area contributed by atoms with Gasteiger partial charge < -0.3 is 14.2 Å². The molecule has 0 fully saturated rings. The lowest BCUT2D eigenvalue weighted by atomic mass is 10.0. The van der Waals surface area contributed by atoms with Crippen LogP contribution < -0.4 is 0 Å². The second-order valence-corrected chi connectivity index (χ2v) is 8.76. The lowest BCUT2D eigenvalue weighted by Gasteiger charge is -2.15. The summed E-state index contributed by atoms with van der Waals surface area (Å²) < 4.78 is 32.9. The minimum atomic E-state index is -4.37. The van der Waals surface area contributed by atoms with Crippen LogP contribution in [-0.4, -0.2) is 49.2 Å². The van der Waals surface area contributed by atoms with Gasteiger partial charge >= 0.3 is 10.4 Å². The number of aliphatic hydroxyl groups is 1. The van der Waals surface area contributed by atoms with E-state index in [9.17, 15) is 8.42 Å². The molecule has 0 saturated heterocycles. The van der Waals surface area contributed by atoms with E-state index in [1.54, 1.807) is 6.08 Å². The Morgan fingerprint density at radius 3 is 1.65 bits per heavy atom. The first-order valence-corrected chi connectivity index (χ1v) is 13.6. The molecule has 0 spiro atoms. The molecule has 0 aromatic carbocycles. The zero-order valence-corrected chi connectivity index (χ0v) is 21.1. The highest BCUT2D eigenvalue weighted by atomic mass is 32.3. The van der Waals surface area contributed by atoms with Gasteiger partial charge in [-0.1, -0.05) is 104 Å². The van der Waals surface area contributed by atoms with Crippen molar-refractivity contribution in [1.82, 2.24) is 4.90 Å². The fraction of sp³-hybridized carbons (Fsp3) is 0.833. The first-order valence-electron chi connectivity index (χ1n) is 12.2. The predicted octanol–water partition coefficient (Wildman–Crippen LogP) is 6.29. The van der Waals surface area contributed by atoms with Crippen molar-refractivity contribution in [2.75, 3.05) is 26.2 Å². The summed E-state index contributed by atoms with van der Waals surface area (Å²) in [5.74, 6) is 0. The molecule has 6 nitrogen and oxygen atoms in total. The predicted molar refractivity (Wildman–Crippen MR) is 131 cm³/mol. The van der Waals surface area contributed by atoms with Crippen LogP contribution in [0.15, 0.2) is 24.5 Å². The maximum absolute atomic E-state index is 10.2. The fourth-order valence-corrected chi connectivity index (χ4v) is 3.31. The van der Waals surface area contributed by atoms with Crippen LogP contribution >= 0.6 is 0 Å². The summed E-state index contributed by atoms with van der Waals surface area (Å²) in [6, 6.07) is 0. The molecule has 0 aliphatic carbocycles. The smallest absolute Gasteiger partial charge is 0.395 e. The van der Waals surface area contributed by atoms with E-state index >= 15 is 0 Å². The molecule has 0 aromatic rings. The molecule has 0 amide bonds. The number of hydrogen-bond donors (Lipinski definition) is 2. The zero-order valence-electron chi connectivity index (χ0n) is 20.3. The topological polar surface area (TPSA) is 87.1 Å². The summed E-state index contributed by atoms with van der Waals surface area (Å²) in [6.45, 7) is 9.62. The number of likely N-dealkylation sites (N-methyl/N-ethyl adjacent to an activating group) is 1. The zero-order chi connectivity index (χ0) is 23.6. The average Bonchev–Trinajstić information content (AvgIpc) is 2.74. The number of hydrogen-bond acceptors (Lipinski definition) is 5. The molecule has 31 heavy (non-hydrogen) atoms. The van der Waals surface area contributed by atoms with Crippen molar-refractivity contribution < 1.29 is 22.3 Å². The van der Waals surface area contributed by atoms with Crippen molar-refractivity contribution in [3.05, 3.63) is 24.5 Å². The molecule has 0 heterocycles. The molecule has 0 aliphatic heterocycles. The van der Waals surface area contributed by atoms with Crippen molar-refractivity contribution in [3.8, 4) is 0 Å². The van der Waals surface area contributed by atoms with Crippen molar-refractivity contribution in [2.45, 2.75) is 104 Å². The minimum Gasteiger partial charge on any atom is -0.395 e. The third-order valence-electron chi connectivity index (χ3n) is 5.04. The van der Waals surface area contributed by atoms with Gasteiger partial charge in [-0.25, -0.2) is 0 Å². The number of unbranched alkanes of at least 4 members (excludes halogenated alkanes) is 12. The first-order chi connectivity index (χ1) is 14.9. The highest BCUT2D eigenvalue weighted by Gasteiger charge is 1.97. The SMILES string of the molecule is CCCCCCCCCCCCCC/C=C/C=C/OS(=O)(=O)O.CCN(CC)CCO. The molecule has 0 bridgehead atoms. The first kappa shape index (κ1) is 32.3. The summed E-state index contributed by atoms with van der Waals surface area (Å²) in [5.41, 5.74) is 0. The summed E-state index contributed by atoms with van der Waals surface area (Å²) in [7, 11) is -4.37. The number of nitrogens with zero attached hydrogens (tertiary/aromatic N) is 1. The Hall–Kier alpha value is -0.890. The molecule has 0 rings (SSSR count). The van der Waals surface area contributed by atoms with Crippen molar-refractivity contribution >= 4 is 10.4 Å². The number of rotatable bonds is 20. The fourth-order valence-electron chi connectivity index (χ4n) is 3.11. The van der Waals surface area contributed by atoms with Crippen LogP contribution in [0.3, 0.4) is 0 Å². The summed E-state index contributed by atoms with van der Waals surface area (Å²) in [6.07, 6.45) is 23.2. The minimum absolute atomic E-state index is 0.279. The Bertz CT molecular complexity index is 502. The van der Waals surface area contributed by atoms with Crippen molar-refractivity contribution in [1.29, 1.82) is 0 Å². The Labute approximate surface area is 192 Å². The molecule has 0 aliphatic rings. The molecule has 186 valence electrons. The monoisotopic (exact) mass is 463 g/mol. The van der Waals surface area contributed by atoms with Crippen LogP contribution in [0.1, 0.15) is 104 Å². The van der Waals surface area contributed by atoms with Crippen LogP contribution in [0.2, 0.25) is 0 Å². The normalized spacial score (nSPS) is 11.9. The van der Waals surface area contributed by atoms with Crippen LogP contribution in [0.5, 0.6) is 0 Å². The van der Waals surface area contributed by atoms with Gasteiger partial charge in [0.1, 0.15) is 6.26 Å². The third-order valence-corrected chi connectivity index (χ3v) is 5.39. The molecule has 0 saturated carbocycles. The van der Waals surface area contributed by atoms with E-state index in [0.29, 0.717) is 0 Å². The molecule has 0 unspecified atom stereocenters. The van der Waals surface area contributed by atoms with Gasteiger partial charge in [0.2, 0.25) is 0 Å². The second kappa shape index (κ2) is 25.4. The van der Waals surface area contributed by atoms with E-state index in [1.807, 2.05) is 6.08 Å². The molecular formula is C24H49NO5S. The summed E-state index contributed by atoms with van der Waals surface area (Å²) in [4.78, 5) is 2.18. The largest absolute Gasteiger partial charge is 0.445 e. The van der Waals surface area contributed by atoms with Crippen molar-refractivity contribution in [2.24, 2.45) is 0 Å². The maximum Gasteiger partial charge on any atom is 0.445 e. The molecule has 0 radical (unpaired) electrons. The van der Waals surface area contributed by atoms with Crippen LogP contribution in [0.25, 0.3) is 0 Å². The van der Waals surface area contributed by atoms with Gasteiger partial charge in [-0.3, -0.25) is 4.55 Å². The van der Waals surface area contributed by atoms with E-state index in [4.69, 9.17) is 9.66 Å². The van der Waals surface area contributed by atoms with E-state index < -0.39 is 10.4 Å². The average molecular weight is 464 g/mol. The number of allylic oxidation sites excluding steroid dienone is 3. The molecular weight excluding hydrogens is 414 g/mol. The van der Waals surface area contributed by atoms with Crippen LogP contribution in [0.4, 0.5) is 0 Å². The van der Waals surface area contributed by atoms with Gasteiger partial charge in [0.25, 0.3) is 0 Å². The lowest BCUT2D eigenvalue weighted by Crippen LogP contribution is -2.25. The van der Waals surface area contributed by atoms with Crippen LogP contribution in [-0.2, 0) is 14.6 Å². The quantitative estimate of drug-likeness (QED) is 0.0955. The van der Waals surface area contributed by atoms with Crippen LogP contribution in [0, 0.1) is 0 Å². The van der Waals surface area contributed by atoms with Gasteiger partial charge in [-0.15, -0.1) is 0 Å². The second-order valence-electron chi connectivity index (χ2n) is 7.71. The van der Waals surface area contributed by atoms with Gasteiger partial charge in [0, 0.05) is 6.54 Å². The molecule has 0 aromatic heterocycles. The van der Waals surface area contributed by atoms with Crippen molar-refractivity contribution in [3.63, 3.8) is 0 Å². The molecule has 2 N–H and O–H groups in total. The van der Waals surface area contributed by atoms with Gasteiger partial charge in [-0.2, -0.15) is 8.42 Å². The summed E-state index contributed by atoms with van der Waals surface area (Å²) in [5, 5.41) is 8.46. The van der Waals surface area contributed by atoms with E-state index in [1.165, 1.54) is 76.7 Å². The molecule has 0 atom stereocenters. The lowest BCUT2D eigenvalue weighted by molar-refractivity contribution is 0.208. The standard InChI is InChI=1S/C18H34O4S.C6H15NO/c1-2-3-4-5-6-7-8-9-10-11-12-13-14-15-16-17-18-22-23(19,20)21;1-3-7(4-2)5-6-8/h15-18H,2-14H2,1H3,(H,19,20,21);8H,3-6H2,1-2H3/b16-15+,18-17+;. The Morgan fingerprint density at radius 1 is 0.774 bits per heavy atom. The highest BCUT2D eigenvalue weighted by Crippen LogP contribution is 2.12. The van der Waals surface area contributed by atoms with E-state index in [0.717, 1.165) is 38.7 Å². The van der Waals surface area contributed by atoms with E-state index in [-0.39, 0.29) is 6.61 Å². The Balaban J connectivity index is 0. The Kier molecular flexibility index (Phi) is 26.4. The highest BCUT2D eigenvalue weighted by molar-refractivity contribution is 7.81. The third kappa shape index (κ3) is 31.4. The Morgan fingerprint density at radius 2 is 1.26 bits per heavy atom. The number of aliphatic hydroxyl groups excluding tert-OH is 1.